The first-order valence-corrected chi connectivity index (χ1v) is 8.25. The van der Waals surface area contributed by atoms with E-state index in [1.54, 1.807) is 30.3 Å². The second kappa shape index (κ2) is 6.21. The maximum absolute atomic E-state index is 12.3. The van der Waals surface area contributed by atoms with Gasteiger partial charge in [-0.3, -0.25) is 4.79 Å². The number of amides is 1. The Morgan fingerprint density at radius 3 is 2.88 bits per heavy atom. The average molecular weight is 402 g/mol. The molecule has 1 aliphatic heterocycles. The molecule has 0 saturated carbocycles. The van der Waals surface area contributed by atoms with E-state index in [0.29, 0.717) is 22.4 Å². The lowest BCUT2D eigenvalue weighted by Crippen LogP contribution is -2.35. The second-order valence-corrected chi connectivity index (χ2v) is 6.33. The van der Waals surface area contributed by atoms with Crippen LogP contribution in [0.1, 0.15) is 0 Å². The van der Waals surface area contributed by atoms with Crippen LogP contribution in [0.4, 0.5) is 5.69 Å². The van der Waals surface area contributed by atoms with E-state index >= 15 is 0 Å². The quantitative estimate of drug-likeness (QED) is 0.632. The number of nitrogens with one attached hydrogen (secondary N) is 1. The smallest absolute Gasteiger partial charge is 0.308 e. The highest BCUT2D eigenvalue weighted by Gasteiger charge is 2.27. The minimum absolute atomic E-state index is 0.0558. The molecule has 0 aliphatic carbocycles. The summed E-state index contributed by atoms with van der Waals surface area (Å²) in [5, 5.41) is 18.2. The number of nitrogens with zero attached hydrogens (tertiary/aromatic N) is 2. The molecule has 1 aromatic heterocycles. The van der Waals surface area contributed by atoms with Gasteiger partial charge in [0.2, 0.25) is 12.0 Å². The van der Waals surface area contributed by atoms with Crippen molar-refractivity contribution in [2.75, 3.05) is 6.61 Å². The van der Waals surface area contributed by atoms with Crippen molar-refractivity contribution in [2.45, 2.75) is 6.10 Å². The van der Waals surface area contributed by atoms with Crippen LogP contribution >= 0.6 is 15.9 Å². The van der Waals surface area contributed by atoms with Gasteiger partial charge >= 0.3 is 5.91 Å². The molecule has 2 N–H and O–H groups in total. The normalized spacial score (nSPS) is 16.4. The van der Waals surface area contributed by atoms with Gasteiger partial charge in [0.15, 0.2) is 17.2 Å². The number of hydrogen-bond donors (Lipinski definition) is 2. The Balaban J connectivity index is 1.57. The van der Waals surface area contributed by atoms with E-state index in [0.717, 1.165) is 4.47 Å². The lowest BCUT2D eigenvalue weighted by molar-refractivity contribution is -0.127. The summed E-state index contributed by atoms with van der Waals surface area (Å²) in [5.74, 6) is 0.331. The fourth-order valence-electron chi connectivity index (χ4n) is 2.54. The van der Waals surface area contributed by atoms with Gasteiger partial charge in [-0.15, -0.1) is 10.2 Å². The fourth-order valence-corrected chi connectivity index (χ4v) is 2.90. The average Bonchev–Trinajstić information content (AvgIpc) is 2.93. The van der Waals surface area contributed by atoms with Crippen molar-refractivity contribution < 1.29 is 19.4 Å². The Morgan fingerprint density at radius 1 is 1.24 bits per heavy atom. The number of aromatic amines is 1. The molecule has 0 bridgehead atoms. The third-order valence-electron chi connectivity index (χ3n) is 3.75. The van der Waals surface area contributed by atoms with Crippen molar-refractivity contribution in [3.63, 3.8) is 0 Å². The van der Waals surface area contributed by atoms with Gasteiger partial charge in [0, 0.05) is 9.86 Å². The molecule has 1 amide bonds. The van der Waals surface area contributed by atoms with Gasteiger partial charge in [-0.25, -0.2) is 0 Å². The SMILES string of the molecule is O=C(N=Nc1c(O)[nH]c2ccc(Br)cc12)C1COc2ccccc2O1. The Hall–Kier alpha value is -2.87. The number of ether oxygens (including phenoxy) is 2. The number of benzene rings is 2. The zero-order valence-electron chi connectivity index (χ0n) is 12.8. The molecule has 4 rings (SSSR count). The Labute approximate surface area is 150 Å². The standard InChI is InChI=1S/C17H12BrN3O4/c18-9-5-6-11-10(7-9)15(17(23)19-11)20-21-16(22)14-8-24-12-3-1-2-4-13(12)25-14/h1-7,14,19,23H,8H2. The summed E-state index contributed by atoms with van der Waals surface area (Å²) < 4.78 is 11.9. The zero-order valence-corrected chi connectivity index (χ0v) is 14.4. The summed E-state index contributed by atoms with van der Waals surface area (Å²) in [6.07, 6.45) is -0.877. The number of azo groups is 1. The molecule has 1 aliphatic rings. The van der Waals surface area contributed by atoms with Crippen molar-refractivity contribution >= 4 is 38.4 Å². The first-order chi connectivity index (χ1) is 12.1. The predicted molar refractivity (Wildman–Crippen MR) is 93.5 cm³/mol. The molecule has 0 spiro atoms. The molecule has 0 saturated heterocycles. The van der Waals surface area contributed by atoms with E-state index < -0.39 is 12.0 Å². The first-order valence-electron chi connectivity index (χ1n) is 7.46. The van der Waals surface area contributed by atoms with Gasteiger partial charge in [-0.2, -0.15) is 0 Å². The van der Waals surface area contributed by atoms with Gasteiger partial charge in [0.1, 0.15) is 6.61 Å². The lowest BCUT2D eigenvalue weighted by atomic mass is 10.2. The molecule has 7 nitrogen and oxygen atoms in total. The van der Waals surface area contributed by atoms with Crippen LogP contribution in [0.2, 0.25) is 0 Å². The van der Waals surface area contributed by atoms with Gasteiger partial charge < -0.3 is 19.6 Å². The minimum atomic E-state index is -0.877. The van der Waals surface area contributed by atoms with E-state index in [9.17, 15) is 9.90 Å². The third-order valence-corrected chi connectivity index (χ3v) is 4.24. The van der Waals surface area contributed by atoms with Gasteiger partial charge in [0.25, 0.3) is 0 Å². The van der Waals surface area contributed by atoms with Gasteiger partial charge in [0.05, 0.1) is 5.52 Å². The number of para-hydroxylation sites is 2. The lowest BCUT2D eigenvalue weighted by Gasteiger charge is -2.23. The molecule has 0 fully saturated rings. The molecular weight excluding hydrogens is 390 g/mol. The largest absolute Gasteiger partial charge is 0.493 e. The number of fused-ring (bicyclic) bond motifs is 2. The molecule has 1 atom stereocenters. The molecular formula is C17H12BrN3O4. The number of hydrogen-bond acceptors (Lipinski definition) is 5. The van der Waals surface area contributed by atoms with Crippen LogP contribution < -0.4 is 9.47 Å². The topological polar surface area (TPSA) is 96.3 Å². The molecule has 126 valence electrons. The molecule has 25 heavy (non-hydrogen) atoms. The summed E-state index contributed by atoms with van der Waals surface area (Å²) in [6.45, 7) is 0.0558. The maximum Gasteiger partial charge on any atom is 0.308 e. The highest BCUT2D eigenvalue weighted by molar-refractivity contribution is 9.10. The number of halogens is 1. The van der Waals surface area contributed by atoms with Crippen molar-refractivity contribution in [2.24, 2.45) is 10.2 Å². The minimum Gasteiger partial charge on any atom is -0.493 e. The summed E-state index contributed by atoms with van der Waals surface area (Å²) >= 11 is 3.36. The number of carbonyl (C=O) groups excluding carboxylic acids is 1. The van der Waals surface area contributed by atoms with Crippen molar-refractivity contribution in [1.29, 1.82) is 0 Å². The Bertz CT molecular complexity index is 999. The fraction of sp³-hybridized carbons (Fsp3) is 0.118. The highest BCUT2D eigenvalue weighted by Crippen LogP contribution is 2.37. The zero-order chi connectivity index (χ0) is 17.4. The predicted octanol–water partition coefficient (Wildman–Crippen LogP) is 4.09. The van der Waals surface area contributed by atoms with Crippen LogP contribution in [0.3, 0.4) is 0 Å². The number of H-pyrrole nitrogens is 1. The summed E-state index contributed by atoms with van der Waals surface area (Å²) in [4.78, 5) is 15.0. The van der Waals surface area contributed by atoms with E-state index in [1.165, 1.54) is 0 Å². The summed E-state index contributed by atoms with van der Waals surface area (Å²) in [7, 11) is 0. The number of rotatable bonds is 2. The molecule has 3 aromatic rings. The molecule has 8 heteroatoms. The number of aromatic hydroxyl groups is 1. The second-order valence-electron chi connectivity index (χ2n) is 5.41. The Kier molecular flexibility index (Phi) is 3.89. The Morgan fingerprint density at radius 2 is 2.04 bits per heavy atom. The molecule has 2 heterocycles. The van der Waals surface area contributed by atoms with E-state index in [-0.39, 0.29) is 18.2 Å². The van der Waals surface area contributed by atoms with Crippen LogP contribution in [0.25, 0.3) is 10.9 Å². The number of carbonyl (C=O) groups is 1. The van der Waals surface area contributed by atoms with Crippen LogP contribution in [-0.4, -0.2) is 28.7 Å². The van der Waals surface area contributed by atoms with E-state index in [1.807, 2.05) is 12.1 Å². The van der Waals surface area contributed by atoms with Crippen LogP contribution in [-0.2, 0) is 4.79 Å². The van der Waals surface area contributed by atoms with Crippen molar-refractivity contribution in [1.82, 2.24) is 4.98 Å². The summed E-state index contributed by atoms with van der Waals surface area (Å²) in [5.41, 5.74) is 0.884. The third kappa shape index (κ3) is 2.96. The maximum atomic E-state index is 12.3. The molecule has 0 radical (unpaired) electrons. The number of aromatic nitrogens is 1. The van der Waals surface area contributed by atoms with Crippen LogP contribution in [0.15, 0.2) is 57.2 Å². The van der Waals surface area contributed by atoms with E-state index in [2.05, 4.69) is 31.1 Å². The van der Waals surface area contributed by atoms with Crippen LogP contribution in [0.5, 0.6) is 17.4 Å². The monoisotopic (exact) mass is 401 g/mol. The van der Waals surface area contributed by atoms with E-state index in [4.69, 9.17) is 9.47 Å². The van der Waals surface area contributed by atoms with Gasteiger partial charge in [-0.1, -0.05) is 28.1 Å². The molecule has 2 aromatic carbocycles. The summed E-state index contributed by atoms with van der Waals surface area (Å²) in [6, 6.07) is 12.5. The molecule has 1 unspecified atom stereocenters. The van der Waals surface area contributed by atoms with Crippen molar-refractivity contribution in [3.05, 3.63) is 46.9 Å². The van der Waals surface area contributed by atoms with Crippen LogP contribution in [0, 0.1) is 0 Å². The first kappa shape index (κ1) is 15.6. The highest BCUT2D eigenvalue weighted by atomic mass is 79.9. The van der Waals surface area contributed by atoms with Gasteiger partial charge in [-0.05, 0) is 30.3 Å². The van der Waals surface area contributed by atoms with Crippen molar-refractivity contribution in [3.8, 4) is 17.4 Å².